The van der Waals surface area contributed by atoms with Crippen molar-refractivity contribution in [3.8, 4) is 0 Å². The molecule has 0 saturated carbocycles. The van der Waals surface area contributed by atoms with Crippen LogP contribution in [-0.2, 0) is 32.7 Å². The summed E-state index contributed by atoms with van der Waals surface area (Å²) in [5, 5.41) is 0. The Morgan fingerprint density at radius 3 is 1.00 bits per heavy atom. The minimum atomic E-state index is 0. The van der Waals surface area contributed by atoms with Gasteiger partial charge in [-0.1, -0.05) is 47.0 Å². The van der Waals surface area contributed by atoms with Crippen molar-refractivity contribution in [1.29, 1.82) is 0 Å². The molecule has 0 aromatic heterocycles. The van der Waals surface area contributed by atoms with Gasteiger partial charge < -0.3 is 13.8 Å². The monoisotopic (exact) mass is 245 g/mol. The third-order valence-electron chi connectivity index (χ3n) is 0.750. The zero-order valence-electron chi connectivity index (χ0n) is 9.70. The van der Waals surface area contributed by atoms with E-state index in [0.717, 1.165) is 6.42 Å². The van der Waals surface area contributed by atoms with Crippen LogP contribution in [0.2, 0.25) is 0 Å². The first-order valence-electron chi connectivity index (χ1n) is 4.21. The van der Waals surface area contributed by atoms with Crippen LogP contribution in [0.15, 0.2) is 0 Å². The molecule has 12 heavy (non-hydrogen) atoms. The molecule has 1 radical (unpaired) electrons. The first-order chi connectivity index (χ1) is 4.56. The van der Waals surface area contributed by atoms with E-state index in [1.807, 2.05) is 0 Å². The zero-order chi connectivity index (χ0) is 9.71. The Balaban J connectivity index is -0.000000126. The minimum absolute atomic E-state index is 0. The Morgan fingerprint density at radius 2 is 1.00 bits per heavy atom. The maximum absolute atomic E-state index is 3.77. The van der Waals surface area contributed by atoms with Gasteiger partial charge in [-0.15, -0.1) is 0 Å². The van der Waals surface area contributed by atoms with E-state index in [1.54, 1.807) is 0 Å². The van der Waals surface area contributed by atoms with E-state index in [0.29, 0.717) is 5.41 Å². The summed E-state index contributed by atoms with van der Waals surface area (Å²) < 4.78 is 0. The Labute approximate surface area is 105 Å². The fourth-order valence-electron chi connectivity index (χ4n) is 0. The van der Waals surface area contributed by atoms with Crippen LogP contribution in [-0.4, -0.2) is 0 Å². The Hall–Kier alpha value is 1.10. The quantitative estimate of drug-likeness (QED) is 0.563. The van der Waals surface area contributed by atoms with Crippen molar-refractivity contribution in [1.82, 2.24) is 0 Å². The molecule has 0 aliphatic carbocycles. The van der Waals surface area contributed by atoms with Crippen molar-refractivity contribution in [2.75, 3.05) is 0 Å². The van der Waals surface area contributed by atoms with Gasteiger partial charge >= 0.3 is 0 Å². The molecule has 0 nitrogen and oxygen atoms in total. The van der Waals surface area contributed by atoms with Crippen LogP contribution in [0.1, 0.15) is 48.0 Å². The van der Waals surface area contributed by atoms with Gasteiger partial charge in [0.15, 0.2) is 0 Å². The average molecular weight is 245 g/mol. The SMILES string of the molecule is [CH2-]C(C)(C)C.[CH2-]CC(C)(C)C.[Y]. The molecule has 0 aliphatic rings. The second-order valence-corrected chi connectivity index (χ2v) is 5.37. The Kier molecular flexibility index (Phi) is 11.8. The molecule has 0 aromatic carbocycles. The summed E-state index contributed by atoms with van der Waals surface area (Å²) in [4.78, 5) is 0. The smallest absolute Gasteiger partial charge is 0 e. The standard InChI is InChI=1S/C6H13.C5H11.Y/c1-5-6(2,3)4;1-5(2,3)4;/h1,5H2,2-4H3;1H2,2-4H3;/q2*-1;. The molecule has 0 N–H and O–H groups in total. The summed E-state index contributed by atoms with van der Waals surface area (Å²) in [6.07, 6.45) is 1.02. The molecule has 73 valence electrons. The molecule has 1 heteroatoms. The first kappa shape index (κ1) is 18.8. The van der Waals surface area contributed by atoms with Crippen molar-refractivity contribution in [2.45, 2.75) is 48.0 Å². The van der Waals surface area contributed by atoms with Crippen molar-refractivity contribution in [3.63, 3.8) is 0 Å². The van der Waals surface area contributed by atoms with Gasteiger partial charge in [0.05, 0.1) is 0 Å². The van der Waals surface area contributed by atoms with Crippen LogP contribution in [0.25, 0.3) is 0 Å². The summed E-state index contributed by atoms with van der Waals surface area (Å²) in [5.74, 6) is 0. The molecule has 0 spiro atoms. The van der Waals surface area contributed by atoms with E-state index >= 15 is 0 Å². The van der Waals surface area contributed by atoms with Gasteiger partial charge in [-0.05, 0) is 0 Å². The summed E-state index contributed by atoms with van der Waals surface area (Å²) in [6.45, 7) is 20.3. The molecule has 0 aromatic rings. The van der Waals surface area contributed by atoms with E-state index < -0.39 is 0 Å². The number of hydrogen-bond acceptors (Lipinski definition) is 0. The Bertz CT molecular complexity index is 76.2. The van der Waals surface area contributed by atoms with Crippen molar-refractivity contribution in [2.24, 2.45) is 10.8 Å². The predicted molar refractivity (Wildman–Crippen MR) is 54.2 cm³/mol. The van der Waals surface area contributed by atoms with Crippen LogP contribution in [0, 0.1) is 24.7 Å². The topological polar surface area (TPSA) is 0 Å². The molecule has 0 rings (SSSR count). The maximum atomic E-state index is 3.77. The normalized spacial score (nSPS) is 11.0. The molecule has 0 saturated heterocycles. The zero-order valence-corrected chi connectivity index (χ0v) is 12.5. The Morgan fingerprint density at radius 1 is 0.917 bits per heavy atom. The molecule has 0 atom stereocenters. The second kappa shape index (κ2) is 7.50. The summed E-state index contributed by atoms with van der Waals surface area (Å²) in [5.41, 5.74) is 0.681. The molecule has 0 unspecified atom stereocenters. The average Bonchev–Trinajstić information content (AvgIpc) is 1.59. The molecule has 0 aliphatic heterocycles. The van der Waals surface area contributed by atoms with Crippen LogP contribution >= 0.6 is 0 Å². The largest absolute Gasteiger partial charge is 0.343 e. The van der Waals surface area contributed by atoms with Crippen molar-refractivity contribution < 1.29 is 32.7 Å². The van der Waals surface area contributed by atoms with Crippen LogP contribution in [0.4, 0.5) is 0 Å². The molecule has 0 fully saturated rings. The second-order valence-electron chi connectivity index (χ2n) is 5.37. The maximum Gasteiger partial charge on any atom is 0 e. The fourth-order valence-corrected chi connectivity index (χ4v) is 0. The molecular weight excluding hydrogens is 221 g/mol. The van der Waals surface area contributed by atoms with Gasteiger partial charge in [-0.25, -0.2) is 0 Å². The van der Waals surface area contributed by atoms with Gasteiger partial charge in [-0.2, -0.15) is 11.8 Å². The van der Waals surface area contributed by atoms with Crippen LogP contribution in [0.3, 0.4) is 0 Å². The van der Waals surface area contributed by atoms with Gasteiger partial charge in [0.1, 0.15) is 0 Å². The minimum Gasteiger partial charge on any atom is -0.343 e. The summed E-state index contributed by atoms with van der Waals surface area (Å²) in [7, 11) is 0. The third-order valence-corrected chi connectivity index (χ3v) is 0.750. The van der Waals surface area contributed by atoms with Crippen LogP contribution < -0.4 is 0 Å². The summed E-state index contributed by atoms with van der Waals surface area (Å²) >= 11 is 0. The van der Waals surface area contributed by atoms with Gasteiger partial charge in [0.2, 0.25) is 0 Å². The van der Waals surface area contributed by atoms with Gasteiger partial charge in [0, 0.05) is 32.7 Å². The molecular formula is C11H24Y-2. The molecule has 0 bridgehead atoms. The van der Waals surface area contributed by atoms with Gasteiger partial charge in [0.25, 0.3) is 0 Å². The molecule has 0 amide bonds. The van der Waals surface area contributed by atoms with Crippen molar-refractivity contribution in [3.05, 3.63) is 13.8 Å². The third kappa shape index (κ3) is 67.3. The van der Waals surface area contributed by atoms with Gasteiger partial charge in [-0.3, -0.25) is 0 Å². The predicted octanol–water partition coefficient (Wildman–Crippen LogP) is 4.12. The van der Waals surface area contributed by atoms with E-state index in [2.05, 4.69) is 55.4 Å². The van der Waals surface area contributed by atoms with E-state index in [1.165, 1.54) is 0 Å². The van der Waals surface area contributed by atoms with E-state index in [4.69, 9.17) is 0 Å². The van der Waals surface area contributed by atoms with E-state index in [9.17, 15) is 0 Å². The molecule has 0 heterocycles. The summed E-state index contributed by atoms with van der Waals surface area (Å²) in [6, 6.07) is 0. The van der Waals surface area contributed by atoms with Crippen LogP contribution in [0.5, 0.6) is 0 Å². The number of hydrogen-bond donors (Lipinski definition) is 0. The van der Waals surface area contributed by atoms with Crippen molar-refractivity contribution >= 4 is 0 Å². The number of rotatable bonds is 0. The fraction of sp³-hybridized carbons (Fsp3) is 0.818. The van der Waals surface area contributed by atoms with E-state index in [-0.39, 0.29) is 38.1 Å². The first-order valence-corrected chi connectivity index (χ1v) is 4.21.